The highest BCUT2D eigenvalue weighted by molar-refractivity contribution is 7.91. The van der Waals surface area contributed by atoms with E-state index in [1.54, 1.807) is 0 Å². The summed E-state index contributed by atoms with van der Waals surface area (Å²) in [5.74, 6) is -1.17. The molecule has 1 saturated heterocycles. The second kappa shape index (κ2) is 9.08. The number of halogens is 3. The van der Waals surface area contributed by atoms with Gasteiger partial charge in [0.2, 0.25) is 9.84 Å². The number of carbonyl (C=O) groups is 1. The monoisotopic (exact) mass is 461 g/mol. The van der Waals surface area contributed by atoms with Crippen molar-refractivity contribution < 1.29 is 40.6 Å². The number of nitrogens with one attached hydrogen (secondary N) is 1. The molecule has 168 valence electrons. The average Bonchev–Trinajstić information content (AvgIpc) is 3.20. The minimum absolute atomic E-state index is 0.166. The van der Waals surface area contributed by atoms with Crippen LogP contribution in [0.1, 0.15) is 16.9 Å². The molecule has 9 nitrogen and oxygen atoms in total. The molecule has 31 heavy (non-hydrogen) atoms. The normalized spacial score (nSPS) is 15.1. The van der Waals surface area contributed by atoms with Gasteiger partial charge in [-0.05, 0) is 30.3 Å². The third kappa shape index (κ3) is 5.83. The third-order valence-electron chi connectivity index (χ3n) is 4.14. The number of pyridine rings is 1. The van der Waals surface area contributed by atoms with Gasteiger partial charge in [0.05, 0.1) is 28.7 Å². The summed E-state index contributed by atoms with van der Waals surface area (Å²) in [5, 5.41) is 2.58. The smallest absolute Gasteiger partial charge is 0.406 e. The van der Waals surface area contributed by atoms with Gasteiger partial charge >= 0.3 is 6.36 Å². The van der Waals surface area contributed by atoms with Crippen LogP contribution in [0.4, 0.5) is 18.9 Å². The minimum atomic E-state index is -4.90. The van der Waals surface area contributed by atoms with E-state index in [1.165, 1.54) is 0 Å². The number of nitrogen functional groups attached to an aromatic ring is 1. The Morgan fingerprint density at radius 1 is 1.19 bits per heavy atom. The molecule has 0 radical (unpaired) electrons. The van der Waals surface area contributed by atoms with Crippen LogP contribution in [0.3, 0.4) is 0 Å². The molecule has 13 heteroatoms. The first kappa shape index (κ1) is 22.8. The first-order chi connectivity index (χ1) is 14.6. The summed E-state index contributed by atoms with van der Waals surface area (Å²) in [5.41, 5.74) is 5.46. The Labute approximate surface area is 175 Å². The molecule has 0 aliphatic carbocycles. The summed E-state index contributed by atoms with van der Waals surface area (Å²) in [6.45, 7) is 1.21. The molecule has 2 heterocycles. The minimum Gasteiger partial charge on any atom is -0.406 e. The Hall–Kier alpha value is -2.90. The summed E-state index contributed by atoms with van der Waals surface area (Å²) < 4.78 is 76.3. The molecule has 3 rings (SSSR count). The number of aromatic nitrogens is 1. The van der Waals surface area contributed by atoms with Crippen molar-refractivity contribution in [3.8, 4) is 5.75 Å². The molecule has 1 aliphatic rings. The predicted octanol–water partition coefficient (Wildman–Crippen LogP) is 1.89. The van der Waals surface area contributed by atoms with E-state index in [0.717, 1.165) is 36.5 Å². The number of nitrogens with two attached hydrogens (primary N) is 1. The van der Waals surface area contributed by atoms with Crippen molar-refractivity contribution in [3.63, 3.8) is 0 Å². The number of amides is 1. The van der Waals surface area contributed by atoms with Crippen molar-refractivity contribution in [1.29, 1.82) is 0 Å². The number of ether oxygens (including phenoxy) is 3. The van der Waals surface area contributed by atoms with Gasteiger partial charge in [-0.2, -0.15) is 0 Å². The van der Waals surface area contributed by atoms with E-state index >= 15 is 0 Å². The highest BCUT2D eigenvalue weighted by Gasteiger charge is 2.31. The average molecular weight is 461 g/mol. The van der Waals surface area contributed by atoms with Gasteiger partial charge in [0.1, 0.15) is 5.75 Å². The lowest BCUT2D eigenvalue weighted by atomic mass is 10.3. The van der Waals surface area contributed by atoms with Crippen molar-refractivity contribution in [2.24, 2.45) is 0 Å². The van der Waals surface area contributed by atoms with E-state index in [0.29, 0.717) is 19.6 Å². The fourth-order valence-electron chi connectivity index (χ4n) is 2.72. The van der Waals surface area contributed by atoms with Gasteiger partial charge < -0.3 is 25.3 Å². The molecule has 1 aliphatic heterocycles. The van der Waals surface area contributed by atoms with Crippen LogP contribution >= 0.6 is 0 Å². The van der Waals surface area contributed by atoms with E-state index in [1.807, 2.05) is 0 Å². The van der Waals surface area contributed by atoms with Gasteiger partial charge in [-0.25, -0.2) is 13.4 Å². The van der Waals surface area contributed by atoms with Crippen LogP contribution in [0.15, 0.2) is 46.3 Å². The van der Waals surface area contributed by atoms with Crippen LogP contribution in [0.2, 0.25) is 0 Å². The number of alkyl halides is 3. The number of benzene rings is 1. The molecular formula is C18H18F3N3O6S. The van der Waals surface area contributed by atoms with Crippen LogP contribution in [0.25, 0.3) is 0 Å². The van der Waals surface area contributed by atoms with Crippen molar-refractivity contribution in [2.45, 2.75) is 28.9 Å². The van der Waals surface area contributed by atoms with Crippen molar-refractivity contribution in [1.82, 2.24) is 10.3 Å². The molecule has 1 fully saturated rings. The van der Waals surface area contributed by atoms with E-state index < -0.39 is 34.1 Å². The molecule has 2 aromatic rings. The Kier molecular flexibility index (Phi) is 6.67. The first-order valence-electron chi connectivity index (χ1n) is 8.94. The molecular weight excluding hydrogens is 443 g/mol. The maximum Gasteiger partial charge on any atom is 0.573 e. The standard InChI is InChI=1S/C18H18F3N3O6S/c19-18(20,21)30-11-1-3-12(4-2-11)31(26,27)13-9-14(22)16(24-10-13)17(25)23-6-5-15-28-7-8-29-15/h1-4,9-10,15H,5-8,22H2,(H,23,25). The number of anilines is 1. The fourth-order valence-corrected chi connectivity index (χ4v) is 3.96. The number of rotatable bonds is 7. The summed E-state index contributed by atoms with van der Waals surface area (Å²) in [6.07, 6.45) is -3.92. The number of carbonyl (C=O) groups excluding carboxylic acids is 1. The maximum atomic E-state index is 12.7. The number of nitrogens with zero attached hydrogens (tertiary/aromatic N) is 1. The largest absolute Gasteiger partial charge is 0.573 e. The molecule has 0 unspecified atom stereocenters. The van der Waals surface area contributed by atoms with E-state index in [2.05, 4.69) is 15.0 Å². The molecule has 0 atom stereocenters. The highest BCUT2D eigenvalue weighted by atomic mass is 32.2. The van der Waals surface area contributed by atoms with Crippen LogP contribution in [0.5, 0.6) is 5.75 Å². The molecule has 1 aromatic carbocycles. The van der Waals surface area contributed by atoms with Crippen molar-refractivity contribution >= 4 is 21.4 Å². The van der Waals surface area contributed by atoms with Crippen molar-refractivity contribution in [3.05, 3.63) is 42.2 Å². The van der Waals surface area contributed by atoms with Crippen LogP contribution < -0.4 is 15.8 Å². The Bertz CT molecular complexity index is 1040. The first-order valence-corrected chi connectivity index (χ1v) is 10.4. The summed E-state index contributed by atoms with van der Waals surface area (Å²) >= 11 is 0. The SMILES string of the molecule is Nc1cc(S(=O)(=O)c2ccc(OC(F)(F)F)cc2)cnc1C(=O)NCCC1OCCO1. The molecule has 0 spiro atoms. The lowest BCUT2D eigenvalue weighted by molar-refractivity contribution is -0.274. The zero-order valence-electron chi connectivity index (χ0n) is 15.9. The van der Waals surface area contributed by atoms with E-state index in [9.17, 15) is 26.4 Å². The topological polar surface area (TPSA) is 130 Å². The summed E-state index contributed by atoms with van der Waals surface area (Å²) in [7, 11) is -4.14. The second-order valence-electron chi connectivity index (χ2n) is 6.35. The molecule has 1 aromatic heterocycles. The zero-order valence-corrected chi connectivity index (χ0v) is 16.7. The van der Waals surface area contributed by atoms with Crippen LogP contribution in [0, 0.1) is 0 Å². The fraction of sp³-hybridized carbons (Fsp3) is 0.333. The maximum absolute atomic E-state index is 12.7. The van der Waals surface area contributed by atoms with Crippen LogP contribution in [-0.2, 0) is 19.3 Å². The van der Waals surface area contributed by atoms with Gasteiger partial charge in [0.15, 0.2) is 12.0 Å². The van der Waals surface area contributed by atoms with Gasteiger partial charge in [-0.1, -0.05) is 0 Å². The highest BCUT2D eigenvalue weighted by Crippen LogP contribution is 2.27. The van der Waals surface area contributed by atoms with Gasteiger partial charge in [-0.15, -0.1) is 13.2 Å². The second-order valence-corrected chi connectivity index (χ2v) is 8.30. The zero-order chi connectivity index (χ0) is 22.6. The Balaban J connectivity index is 1.69. The quantitative estimate of drug-likeness (QED) is 0.640. The summed E-state index contributed by atoms with van der Waals surface area (Å²) in [6, 6.07) is 4.72. The molecule has 3 N–H and O–H groups in total. The molecule has 0 bridgehead atoms. The van der Waals surface area contributed by atoms with E-state index in [4.69, 9.17) is 15.2 Å². The number of hydrogen-bond acceptors (Lipinski definition) is 8. The molecule has 0 saturated carbocycles. The number of sulfone groups is 1. The van der Waals surface area contributed by atoms with Crippen molar-refractivity contribution in [2.75, 3.05) is 25.5 Å². The van der Waals surface area contributed by atoms with E-state index in [-0.39, 0.29) is 27.7 Å². The number of hydrogen-bond donors (Lipinski definition) is 2. The lowest BCUT2D eigenvalue weighted by Gasteiger charge is -2.12. The lowest BCUT2D eigenvalue weighted by Crippen LogP contribution is -2.29. The predicted molar refractivity (Wildman–Crippen MR) is 99.9 cm³/mol. The molecule has 1 amide bonds. The van der Waals surface area contributed by atoms with Gasteiger partial charge in [0.25, 0.3) is 5.91 Å². The van der Waals surface area contributed by atoms with Gasteiger partial charge in [-0.3, -0.25) is 4.79 Å². The van der Waals surface area contributed by atoms with Gasteiger partial charge in [0, 0.05) is 19.2 Å². The Morgan fingerprint density at radius 3 is 2.42 bits per heavy atom. The van der Waals surface area contributed by atoms with Crippen LogP contribution in [-0.4, -0.2) is 51.7 Å². The summed E-state index contributed by atoms with van der Waals surface area (Å²) in [4.78, 5) is 15.5. The third-order valence-corrected chi connectivity index (χ3v) is 5.88. The Morgan fingerprint density at radius 2 is 1.84 bits per heavy atom.